The van der Waals surface area contributed by atoms with Gasteiger partial charge in [0.1, 0.15) is 11.8 Å². The minimum atomic E-state index is -3.46. The zero-order valence-electron chi connectivity index (χ0n) is 13.6. The molecule has 1 fully saturated rings. The number of nitrogens with zero attached hydrogens (tertiary/aromatic N) is 3. The predicted octanol–water partition coefficient (Wildman–Crippen LogP) is 1.59. The number of aromatic nitrogens is 1. The van der Waals surface area contributed by atoms with E-state index in [-0.39, 0.29) is 4.90 Å². The van der Waals surface area contributed by atoms with Crippen LogP contribution in [0.4, 0.5) is 5.69 Å². The molecule has 0 amide bonds. The van der Waals surface area contributed by atoms with Gasteiger partial charge in [-0.05, 0) is 29.8 Å². The summed E-state index contributed by atoms with van der Waals surface area (Å²) in [6.45, 7) is 2.17. The molecule has 7 nitrogen and oxygen atoms in total. The molecular formula is C17H18N4O3S. The number of anilines is 1. The Bertz CT molecular complexity index is 852. The monoisotopic (exact) mass is 358 g/mol. The third kappa shape index (κ3) is 4.14. The fourth-order valence-electron chi connectivity index (χ4n) is 2.48. The van der Waals surface area contributed by atoms with Gasteiger partial charge in [-0.25, -0.2) is 13.4 Å². The summed E-state index contributed by atoms with van der Waals surface area (Å²) in [4.78, 5) is 4.28. The molecule has 2 aromatic rings. The number of sulfonamides is 1. The number of pyridine rings is 1. The average molecular weight is 358 g/mol. The van der Waals surface area contributed by atoms with Crippen LogP contribution in [0.1, 0.15) is 11.3 Å². The summed E-state index contributed by atoms with van der Waals surface area (Å²) in [6, 6.07) is 12.2. The van der Waals surface area contributed by atoms with Gasteiger partial charge in [0.05, 0.1) is 30.0 Å². The van der Waals surface area contributed by atoms with Crippen molar-refractivity contribution in [1.29, 1.82) is 5.26 Å². The molecule has 1 aromatic carbocycles. The van der Waals surface area contributed by atoms with Gasteiger partial charge in [-0.2, -0.15) is 9.57 Å². The van der Waals surface area contributed by atoms with Crippen molar-refractivity contribution in [3.63, 3.8) is 0 Å². The molecule has 0 unspecified atom stereocenters. The number of nitrogens with one attached hydrogen (secondary N) is 1. The van der Waals surface area contributed by atoms with Gasteiger partial charge in [0.2, 0.25) is 10.0 Å². The summed E-state index contributed by atoms with van der Waals surface area (Å²) in [5, 5.41) is 11.9. The zero-order chi connectivity index (χ0) is 17.7. The summed E-state index contributed by atoms with van der Waals surface area (Å²) in [5.74, 6) is 0. The van der Waals surface area contributed by atoms with Gasteiger partial charge in [0, 0.05) is 19.6 Å². The van der Waals surface area contributed by atoms with Gasteiger partial charge < -0.3 is 10.1 Å². The van der Waals surface area contributed by atoms with E-state index in [1.54, 1.807) is 42.6 Å². The van der Waals surface area contributed by atoms with Crippen LogP contribution >= 0.6 is 0 Å². The van der Waals surface area contributed by atoms with Gasteiger partial charge >= 0.3 is 0 Å². The highest BCUT2D eigenvalue weighted by Gasteiger charge is 2.25. The molecule has 0 radical (unpaired) electrons. The van der Waals surface area contributed by atoms with Crippen LogP contribution in [0, 0.1) is 11.3 Å². The lowest BCUT2D eigenvalue weighted by molar-refractivity contribution is 0.0730. The van der Waals surface area contributed by atoms with Gasteiger partial charge in [-0.1, -0.05) is 12.1 Å². The largest absolute Gasteiger partial charge is 0.380 e. The molecule has 1 aromatic heterocycles. The number of ether oxygens (including phenoxy) is 1. The third-order valence-electron chi connectivity index (χ3n) is 3.91. The SMILES string of the molecule is N#Cc1ccc(NCc2ccc(S(=O)(=O)N3CCOCC3)cc2)cn1. The predicted molar refractivity (Wildman–Crippen MR) is 92.3 cm³/mol. The number of nitriles is 1. The molecule has 1 N–H and O–H groups in total. The minimum absolute atomic E-state index is 0.290. The maximum atomic E-state index is 12.6. The summed E-state index contributed by atoms with van der Waals surface area (Å²) in [5.41, 5.74) is 2.11. The number of hydrogen-bond donors (Lipinski definition) is 1. The molecule has 25 heavy (non-hydrogen) atoms. The van der Waals surface area contributed by atoms with Crippen LogP contribution < -0.4 is 5.32 Å². The molecule has 1 saturated heterocycles. The molecular weight excluding hydrogens is 340 g/mol. The summed E-state index contributed by atoms with van der Waals surface area (Å²) in [7, 11) is -3.46. The molecule has 0 spiro atoms. The fraction of sp³-hybridized carbons (Fsp3) is 0.294. The first-order chi connectivity index (χ1) is 12.1. The molecule has 8 heteroatoms. The van der Waals surface area contributed by atoms with E-state index < -0.39 is 10.0 Å². The molecule has 2 heterocycles. The van der Waals surface area contributed by atoms with Gasteiger partial charge in [-0.3, -0.25) is 0 Å². The fourth-order valence-corrected chi connectivity index (χ4v) is 3.89. The summed E-state index contributed by atoms with van der Waals surface area (Å²) in [6.07, 6.45) is 1.59. The molecule has 0 atom stereocenters. The first-order valence-electron chi connectivity index (χ1n) is 7.86. The van der Waals surface area contributed by atoms with Gasteiger partial charge in [0.15, 0.2) is 0 Å². The van der Waals surface area contributed by atoms with Crippen LogP contribution in [-0.2, 0) is 21.3 Å². The highest BCUT2D eigenvalue weighted by atomic mass is 32.2. The van der Waals surface area contributed by atoms with Crippen LogP contribution in [0.3, 0.4) is 0 Å². The highest BCUT2D eigenvalue weighted by Crippen LogP contribution is 2.18. The Kier molecular flexibility index (Phi) is 5.28. The Balaban J connectivity index is 1.64. The maximum Gasteiger partial charge on any atom is 0.243 e. The van der Waals surface area contributed by atoms with Crippen LogP contribution in [-0.4, -0.2) is 44.0 Å². The molecule has 0 bridgehead atoms. The molecule has 1 aliphatic heterocycles. The first kappa shape index (κ1) is 17.4. The quantitative estimate of drug-likeness (QED) is 0.872. The van der Waals surface area contributed by atoms with E-state index in [4.69, 9.17) is 10.00 Å². The molecule has 0 aliphatic carbocycles. The van der Waals surface area contributed by atoms with E-state index in [0.717, 1.165) is 11.3 Å². The number of rotatable bonds is 5. The molecule has 1 aliphatic rings. The van der Waals surface area contributed by atoms with Crippen molar-refractivity contribution in [3.8, 4) is 6.07 Å². The highest BCUT2D eigenvalue weighted by molar-refractivity contribution is 7.89. The number of morpholine rings is 1. The Morgan fingerprint density at radius 3 is 2.48 bits per heavy atom. The molecule has 3 rings (SSSR count). The Morgan fingerprint density at radius 1 is 1.16 bits per heavy atom. The average Bonchev–Trinajstić information content (AvgIpc) is 2.68. The summed E-state index contributed by atoms with van der Waals surface area (Å²) >= 11 is 0. The van der Waals surface area contributed by atoms with Crippen LogP contribution in [0.15, 0.2) is 47.5 Å². The van der Waals surface area contributed by atoms with Crippen molar-refractivity contribution < 1.29 is 13.2 Å². The lowest BCUT2D eigenvalue weighted by Gasteiger charge is -2.26. The lowest BCUT2D eigenvalue weighted by Crippen LogP contribution is -2.40. The topological polar surface area (TPSA) is 95.3 Å². The van der Waals surface area contributed by atoms with Crippen molar-refractivity contribution in [2.45, 2.75) is 11.4 Å². The van der Waals surface area contributed by atoms with E-state index in [1.165, 1.54) is 4.31 Å². The Labute approximate surface area is 146 Å². The molecule has 130 valence electrons. The maximum absolute atomic E-state index is 12.6. The van der Waals surface area contributed by atoms with Crippen molar-refractivity contribution in [3.05, 3.63) is 53.9 Å². The van der Waals surface area contributed by atoms with Gasteiger partial charge in [0.25, 0.3) is 0 Å². The van der Waals surface area contributed by atoms with Gasteiger partial charge in [-0.15, -0.1) is 0 Å². The Morgan fingerprint density at radius 2 is 1.88 bits per heavy atom. The third-order valence-corrected chi connectivity index (χ3v) is 5.82. The second-order valence-corrected chi connectivity index (χ2v) is 7.50. The smallest absolute Gasteiger partial charge is 0.243 e. The number of benzene rings is 1. The second kappa shape index (κ2) is 7.61. The van der Waals surface area contributed by atoms with Crippen molar-refractivity contribution >= 4 is 15.7 Å². The van der Waals surface area contributed by atoms with Crippen LogP contribution in [0.25, 0.3) is 0 Å². The normalized spacial score (nSPS) is 15.5. The second-order valence-electron chi connectivity index (χ2n) is 5.56. The van der Waals surface area contributed by atoms with E-state index in [1.807, 2.05) is 6.07 Å². The van der Waals surface area contributed by atoms with E-state index in [0.29, 0.717) is 38.5 Å². The standard InChI is InChI=1S/C17H18N4O3S/c18-11-15-3-4-16(13-20-15)19-12-14-1-5-17(6-2-14)25(22,23)21-7-9-24-10-8-21/h1-6,13,19H,7-10,12H2. The van der Waals surface area contributed by atoms with E-state index in [2.05, 4.69) is 10.3 Å². The van der Waals surface area contributed by atoms with Crippen molar-refractivity contribution in [2.24, 2.45) is 0 Å². The minimum Gasteiger partial charge on any atom is -0.380 e. The van der Waals surface area contributed by atoms with Crippen LogP contribution in [0.2, 0.25) is 0 Å². The van der Waals surface area contributed by atoms with Crippen LogP contribution in [0.5, 0.6) is 0 Å². The van der Waals surface area contributed by atoms with Crippen molar-refractivity contribution in [1.82, 2.24) is 9.29 Å². The first-order valence-corrected chi connectivity index (χ1v) is 9.30. The Hall–Kier alpha value is -2.47. The van der Waals surface area contributed by atoms with E-state index in [9.17, 15) is 8.42 Å². The van der Waals surface area contributed by atoms with E-state index >= 15 is 0 Å². The lowest BCUT2D eigenvalue weighted by atomic mass is 10.2. The molecule has 0 saturated carbocycles. The summed E-state index contributed by atoms with van der Waals surface area (Å²) < 4.78 is 31.8. The van der Waals surface area contributed by atoms with Crippen molar-refractivity contribution in [2.75, 3.05) is 31.6 Å². The number of hydrogen-bond acceptors (Lipinski definition) is 6. The zero-order valence-corrected chi connectivity index (χ0v) is 14.4.